The standard InChI is InChI=1S/C19H19NO4S/c1-13-4-5-15-11-17(8-6-14(15)10-13)25(21,22)20-18-12-16(23-2)7-9-19(18)24-3/h4-12,20H,1-3H3. The van der Waals surface area contributed by atoms with E-state index in [4.69, 9.17) is 9.47 Å². The van der Waals surface area contributed by atoms with Crippen molar-refractivity contribution in [3.8, 4) is 11.5 Å². The van der Waals surface area contributed by atoms with Crippen LogP contribution in [0.4, 0.5) is 5.69 Å². The Hall–Kier alpha value is -2.73. The lowest BCUT2D eigenvalue weighted by Crippen LogP contribution is -2.13. The van der Waals surface area contributed by atoms with E-state index in [0.717, 1.165) is 16.3 Å². The number of nitrogens with one attached hydrogen (secondary N) is 1. The van der Waals surface area contributed by atoms with Crippen molar-refractivity contribution >= 4 is 26.5 Å². The number of sulfonamides is 1. The summed E-state index contributed by atoms with van der Waals surface area (Å²) in [5.74, 6) is 0.952. The lowest BCUT2D eigenvalue weighted by molar-refractivity contribution is 0.405. The highest BCUT2D eigenvalue weighted by molar-refractivity contribution is 7.92. The predicted octanol–water partition coefficient (Wildman–Crippen LogP) is 3.97. The van der Waals surface area contributed by atoms with Crippen LogP contribution in [0.2, 0.25) is 0 Å². The zero-order chi connectivity index (χ0) is 18.0. The molecular weight excluding hydrogens is 338 g/mol. The van der Waals surface area contributed by atoms with Crippen molar-refractivity contribution in [1.82, 2.24) is 0 Å². The third-order valence-corrected chi connectivity index (χ3v) is 5.29. The molecule has 5 nitrogen and oxygen atoms in total. The van der Waals surface area contributed by atoms with Crippen molar-refractivity contribution in [2.24, 2.45) is 0 Å². The van der Waals surface area contributed by atoms with E-state index in [1.54, 1.807) is 36.4 Å². The molecule has 3 aromatic carbocycles. The van der Waals surface area contributed by atoms with E-state index in [2.05, 4.69) is 4.72 Å². The maximum Gasteiger partial charge on any atom is 0.262 e. The molecular formula is C19H19NO4S. The summed E-state index contributed by atoms with van der Waals surface area (Å²) in [5, 5.41) is 1.86. The highest BCUT2D eigenvalue weighted by Gasteiger charge is 2.17. The molecule has 130 valence electrons. The first kappa shape index (κ1) is 17.1. The summed E-state index contributed by atoms with van der Waals surface area (Å²) in [6, 6.07) is 15.9. The van der Waals surface area contributed by atoms with Crippen LogP contribution in [0.15, 0.2) is 59.5 Å². The Balaban J connectivity index is 2.01. The molecule has 0 heterocycles. The average Bonchev–Trinajstić information content (AvgIpc) is 2.60. The third kappa shape index (κ3) is 3.53. The highest BCUT2D eigenvalue weighted by atomic mass is 32.2. The van der Waals surface area contributed by atoms with Crippen LogP contribution in [0.3, 0.4) is 0 Å². The monoisotopic (exact) mass is 357 g/mol. The van der Waals surface area contributed by atoms with E-state index < -0.39 is 10.0 Å². The van der Waals surface area contributed by atoms with Gasteiger partial charge in [-0.25, -0.2) is 8.42 Å². The number of anilines is 1. The van der Waals surface area contributed by atoms with Gasteiger partial charge in [0, 0.05) is 6.07 Å². The van der Waals surface area contributed by atoms with E-state index >= 15 is 0 Å². The second kappa shape index (κ2) is 6.64. The van der Waals surface area contributed by atoms with Gasteiger partial charge in [-0.15, -0.1) is 0 Å². The zero-order valence-corrected chi connectivity index (χ0v) is 15.1. The van der Waals surface area contributed by atoms with Gasteiger partial charge in [-0.2, -0.15) is 0 Å². The molecule has 0 amide bonds. The van der Waals surface area contributed by atoms with Crippen molar-refractivity contribution < 1.29 is 17.9 Å². The molecule has 6 heteroatoms. The molecule has 0 aliphatic heterocycles. The van der Waals surface area contributed by atoms with Gasteiger partial charge in [-0.3, -0.25) is 4.72 Å². The van der Waals surface area contributed by atoms with Crippen LogP contribution in [-0.2, 0) is 10.0 Å². The van der Waals surface area contributed by atoms with Crippen LogP contribution in [0.1, 0.15) is 5.56 Å². The van der Waals surface area contributed by atoms with Gasteiger partial charge >= 0.3 is 0 Å². The maximum absolute atomic E-state index is 12.8. The SMILES string of the molecule is COc1ccc(OC)c(NS(=O)(=O)c2ccc3cc(C)ccc3c2)c1. The van der Waals surface area contributed by atoms with Gasteiger partial charge in [0.1, 0.15) is 11.5 Å². The number of rotatable bonds is 5. The summed E-state index contributed by atoms with van der Waals surface area (Å²) in [5.41, 5.74) is 1.45. The number of benzene rings is 3. The minimum atomic E-state index is -3.76. The van der Waals surface area contributed by atoms with Gasteiger partial charge in [-0.05, 0) is 42.0 Å². The fraction of sp³-hybridized carbons (Fsp3) is 0.158. The van der Waals surface area contributed by atoms with E-state index in [0.29, 0.717) is 17.2 Å². The van der Waals surface area contributed by atoms with Crippen molar-refractivity contribution in [2.45, 2.75) is 11.8 Å². The third-order valence-electron chi connectivity index (χ3n) is 3.93. The number of methoxy groups -OCH3 is 2. The molecule has 0 fully saturated rings. The van der Waals surface area contributed by atoms with Gasteiger partial charge in [0.05, 0.1) is 24.8 Å². The Bertz CT molecular complexity index is 1030. The smallest absolute Gasteiger partial charge is 0.262 e. The quantitative estimate of drug-likeness (QED) is 0.750. The van der Waals surface area contributed by atoms with Gasteiger partial charge in [-0.1, -0.05) is 29.8 Å². The Morgan fingerprint density at radius 2 is 1.56 bits per heavy atom. The fourth-order valence-corrected chi connectivity index (χ4v) is 3.70. The lowest BCUT2D eigenvalue weighted by Gasteiger charge is -2.13. The topological polar surface area (TPSA) is 64.6 Å². The Labute approximate surface area is 147 Å². The predicted molar refractivity (Wildman–Crippen MR) is 99.0 cm³/mol. The second-order valence-electron chi connectivity index (χ2n) is 5.68. The first-order valence-electron chi connectivity index (χ1n) is 7.68. The fourth-order valence-electron chi connectivity index (χ4n) is 2.61. The normalized spacial score (nSPS) is 11.3. The summed E-state index contributed by atoms with van der Waals surface area (Å²) in [6.45, 7) is 2.00. The number of fused-ring (bicyclic) bond motifs is 1. The Morgan fingerprint density at radius 3 is 2.28 bits per heavy atom. The number of hydrogen-bond acceptors (Lipinski definition) is 4. The molecule has 0 radical (unpaired) electrons. The maximum atomic E-state index is 12.8. The minimum absolute atomic E-state index is 0.189. The van der Waals surface area contributed by atoms with Crippen molar-refractivity contribution in [3.05, 3.63) is 60.2 Å². The summed E-state index contributed by atoms with van der Waals surface area (Å²) in [4.78, 5) is 0.189. The van der Waals surface area contributed by atoms with E-state index in [-0.39, 0.29) is 4.90 Å². The number of ether oxygens (including phenoxy) is 2. The largest absolute Gasteiger partial charge is 0.497 e. The first-order chi connectivity index (χ1) is 11.9. The molecule has 0 aliphatic carbocycles. The Kier molecular flexibility index (Phi) is 4.55. The van der Waals surface area contributed by atoms with Crippen LogP contribution in [0.5, 0.6) is 11.5 Å². The van der Waals surface area contributed by atoms with Gasteiger partial charge in [0.2, 0.25) is 0 Å². The van der Waals surface area contributed by atoms with E-state index in [9.17, 15) is 8.42 Å². The van der Waals surface area contributed by atoms with Gasteiger partial charge < -0.3 is 9.47 Å². The molecule has 0 unspecified atom stereocenters. The lowest BCUT2D eigenvalue weighted by atomic mass is 10.1. The zero-order valence-electron chi connectivity index (χ0n) is 14.2. The molecule has 0 aromatic heterocycles. The van der Waals surface area contributed by atoms with Crippen molar-refractivity contribution in [2.75, 3.05) is 18.9 Å². The molecule has 3 aromatic rings. The summed E-state index contributed by atoms with van der Waals surface area (Å²) >= 11 is 0. The van der Waals surface area contributed by atoms with Crippen LogP contribution in [0, 0.1) is 6.92 Å². The molecule has 0 bridgehead atoms. The van der Waals surface area contributed by atoms with E-state index in [1.165, 1.54) is 14.2 Å². The van der Waals surface area contributed by atoms with Crippen LogP contribution in [-0.4, -0.2) is 22.6 Å². The molecule has 0 atom stereocenters. The second-order valence-corrected chi connectivity index (χ2v) is 7.37. The van der Waals surface area contributed by atoms with Crippen molar-refractivity contribution in [1.29, 1.82) is 0 Å². The Morgan fingerprint density at radius 1 is 0.840 bits per heavy atom. The highest BCUT2D eigenvalue weighted by Crippen LogP contribution is 2.31. The first-order valence-corrected chi connectivity index (χ1v) is 9.16. The molecule has 0 spiro atoms. The molecule has 3 rings (SSSR count). The number of hydrogen-bond donors (Lipinski definition) is 1. The van der Waals surface area contributed by atoms with Crippen molar-refractivity contribution in [3.63, 3.8) is 0 Å². The average molecular weight is 357 g/mol. The molecule has 1 N–H and O–H groups in total. The molecule has 0 saturated carbocycles. The van der Waals surface area contributed by atoms with Crippen LogP contribution in [0.25, 0.3) is 10.8 Å². The summed E-state index contributed by atoms with van der Waals surface area (Å²) in [7, 11) is -0.755. The van der Waals surface area contributed by atoms with Gasteiger partial charge in [0.25, 0.3) is 10.0 Å². The van der Waals surface area contributed by atoms with Crippen LogP contribution >= 0.6 is 0 Å². The van der Waals surface area contributed by atoms with Gasteiger partial charge in [0.15, 0.2) is 0 Å². The molecule has 25 heavy (non-hydrogen) atoms. The molecule has 0 aliphatic rings. The number of aryl methyl sites for hydroxylation is 1. The minimum Gasteiger partial charge on any atom is -0.497 e. The van der Waals surface area contributed by atoms with E-state index in [1.807, 2.05) is 25.1 Å². The summed E-state index contributed by atoms with van der Waals surface area (Å²) < 4.78 is 38.5. The van der Waals surface area contributed by atoms with Crippen LogP contribution < -0.4 is 14.2 Å². The summed E-state index contributed by atoms with van der Waals surface area (Å²) in [6.07, 6.45) is 0. The molecule has 0 saturated heterocycles.